The highest BCUT2D eigenvalue weighted by atomic mass is 35.5. The van der Waals surface area contributed by atoms with Crippen LogP contribution in [-0.4, -0.2) is 43.2 Å². The fraction of sp³-hybridized carbons (Fsp3) is 0.562. The number of nitrogens with one attached hydrogen (secondary N) is 1. The molecule has 1 aliphatic heterocycles. The van der Waals surface area contributed by atoms with Crippen LogP contribution in [0.3, 0.4) is 0 Å². The summed E-state index contributed by atoms with van der Waals surface area (Å²) in [7, 11) is 2.07. The lowest BCUT2D eigenvalue weighted by Gasteiger charge is -2.11. The van der Waals surface area contributed by atoms with E-state index in [0.29, 0.717) is 0 Å². The van der Waals surface area contributed by atoms with Crippen LogP contribution in [0.4, 0.5) is 0 Å². The Morgan fingerprint density at radius 2 is 2.29 bits per heavy atom. The molecule has 0 aromatic heterocycles. The lowest BCUT2D eigenvalue weighted by atomic mass is 10.1. The quantitative estimate of drug-likeness (QED) is 0.782. The summed E-state index contributed by atoms with van der Waals surface area (Å²) in [5.74, 6) is 2.37. The number of halogens is 1. The van der Waals surface area contributed by atoms with Crippen LogP contribution < -0.4 is 5.32 Å². The van der Waals surface area contributed by atoms with E-state index < -0.39 is 0 Å². The van der Waals surface area contributed by atoms with Crippen molar-refractivity contribution in [3.8, 4) is 0 Å². The van der Waals surface area contributed by atoms with Gasteiger partial charge in [0.2, 0.25) is 5.91 Å². The minimum atomic E-state index is 0.186. The van der Waals surface area contributed by atoms with Crippen molar-refractivity contribution in [1.29, 1.82) is 0 Å². The molecule has 5 heteroatoms. The monoisotopic (exact) mass is 326 g/mol. The SMILES string of the molecule is CN1CC[C@@H](C(=O)NCCCSCc2ccccc2Cl)C1. The van der Waals surface area contributed by atoms with Crippen molar-refractivity contribution in [1.82, 2.24) is 10.2 Å². The van der Waals surface area contributed by atoms with E-state index in [9.17, 15) is 4.79 Å². The molecule has 0 unspecified atom stereocenters. The van der Waals surface area contributed by atoms with Gasteiger partial charge >= 0.3 is 0 Å². The highest BCUT2D eigenvalue weighted by molar-refractivity contribution is 7.98. The van der Waals surface area contributed by atoms with Gasteiger partial charge in [-0.3, -0.25) is 4.79 Å². The Morgan fingerprint density at radius 3 is 3.00 bits per heavy atom. The molecule has 1 aromatic rings. The van der Waals surface area contributed by atoms with Crippen LogP contribution in [0.25, 0.3) is 0 Å². The van der Waals surface area contributed by atoms with E-state index in [1.165, 1.54) is 5.56 Å². The Morgan fingerprint density at radius 1 is 1.48 bits per heavy atom. The largest absolute Gasteiger partial charge is 0.356 e. The summed E-state index contributed by atoms with van der Waals surface area (Å²) in [6.45, 7) is 2.70. The topological polar surface area (TPSA) is 32.3 Å². The predicted octanol–water partition coefficient (Wildman–Crippen LogP) is 3.03. The Kier molecular flexibility index (Phi) is 6.87. The highest BCUT2D eigenvalue weighted by Gasteiger charge is 2.25. The number of nitrogens with zero attached hydrogens (tertiary/aromatic N) is 1. The zero-order valence-corrected chi connectivity index (χ0v) is 14.1. The molecular formula is C16H23ClN2OS. The number of hydrogen-bond donors (Lipinski definition) is 1. The first-order valence-electron chi connectivity index (χ1n) is 7.44. The summed E-state index contributed by atoms with van der Waals surface area (Å²) < 4.78 is 0. The maximum Gasteiger partial charge on any atom is 0.224 e. The lowest BCUT2D eigenvalue weighted by molar-refractivity contribution is -0.124. The van der Waals surface area contributed by atoms with E-state index in [-0.39, 0.29) is 11.8 Å². The fourth-order valence-corrected chi connectivity index (χ4v) is 3.72. The van der Waals surface area contributed by atoms with Gasteiger partial charge in [-0.25, -0.2) is 0 Å². The molecule has 1 N–H and O–H groups in total. The standard InChI is InChI=1S/C16H23ClN2OS/c1-19-9-7-13(11-19)16(20)18-8-4-10-21-12-14-5-2-3-6-15(14)17/h2-3,5-6,13H,4,7-12H2,1H3,(H,18,20)/t13-/m1/s1. The highest BCUT2D eigenvalue weighted by Crippen LogP contribution is 2.21. The summed E-state index contributed by atoms with van der Waals surface area (Å²) in [4.78, 5) is 14.1. The zero-order valence-electron chi connectivity index (χ0n) is 12.5. The first kappa shape index (κ1) is 16.7. The molecule has 1 heterocycles. The van der Waals surface area contributed by atoms with Gasteiger partial charge in [0.15, 0.2) is 0 Å². The van der Waals surface area contributed by atoms with Crippen molar-refractivity contribution in [3.05, 3.63) is 34.9 Å². The number of amides is 1. The molecule has 0 radical (unpaired) electrons. The molecule has 1 fully saturated rings. The van der Waals surface area contributed by atoms with Crippen LogP contribution in [0.5, 0.6) is 0 Å². The molecule has 2 rings (SSSR count). The summed E-state index contributed by atoms with van der Waals surface area (Å²) in [5, 5.41) is 3.89. The van der Waals surface area contributed by atoms with E-state index >= 15 is 0 Å². The molecule has 0 saturated carbocycles. The summed E-state index contributed by atoms with van der Waals surface area (Å²) in [5.41, 5.74) is 1.18. The average molecular weight is 327 g/mol. The lowest BCUT2D eigenvalue weighted by Crippen LogP contribution is -2.33. The summed E-state index contributed by atoms with van der Waals surface area (Å²) in [6.07, 6.45) is 1.99. The van der Waals surface area contributed by atoms with Crippen LogP contribution in [0.2, 0.25) is 5.02 Å². The van der Waals surface area contributed by atoms with E-state index in [1.54, 1.807) is 0 Å². The number of rotatable bonds is 7. The van der Waals surface area contributed by atoms with Gasteiger partial charge in [-0.2, -0.15) is 11.8 Å². The number of hydrogen-bond acceptors (Lipinski definition) is 3. The molecule has 0 bridgehead atoms. The molecule has 0 spiro atoms. The second-order valence-electron chi connectivity index (χ2n) is 5.54. The number of benzene rings is 1. The zero-order chi connectivity index (χ0) is 15.1. The van der Waals surface area contributed by atoms with Crippen LogP contribution in [-0.2, 0) is 10.5 Å². The van der Waals surface area contributed by atoms with Crippen LogP contribution in [0, 0.1) is 5.92 Å². The van der Waals surface area contributed by atoms with Crippen LogP contribution >= 0.6 is 23.4 Å². The number of carbonyl (C=O) groups excluding carboxylic acids is 1. The number of carbonyl (C=O) groups is 1. The maximum absolute atomic E-state index is 11.9. The second kappa shape index (κ2) is 8.66. The first-order chi connectivity index (χ1) is 10.2. The Hall–Kier alpha value is -0.710. The van der Waals surface area contributed by atoms with Gasteiger partial charge < -0.3 is 10.2 Å². The van der Waals surface area contributed by atoms with Gasteiger partial charge in [-0.15, -0.1) is 0 Å². The molecule has 1 aromatic carbocycles. The molecule has 1 aliphatic rings. The van der Waals surface area contributed by atoms with Gasteiger partial charge in [0.05, 0.1) is 5.92 Å². The van der Waals surface area contributed by atoms with Crippen molar-refractivity contribution in [2.24, 2.45) is 5.92 Å². The Bertz CT molecular complexity index is 469. The van der Waals surface area contributed by atoms with E-state index in [4.69, 9.17) is 11.6 Å². The van der Waals surface area contributed by atoms with E-state index in [0.717, 1.165) is 49.0 Å². The van der Waals surface area contributed by atoms with Gasteiger partial charge in [0.1, 0.15) is 0 Å². The third-order valence-corrected chi connectivity index (χ3v) is 5.20. The predicted molar refractivity (Wildman–Crippen MR) is 90.8 cm³/mol. The third kappa shape index (κ3) is 5.53. The van der Waals surface area contributed by atoms with Crippen molar-refractivity contribution in [2.45, 2.75) is 18.6 Å². The maximum atomic E-state index is 11.9. The molecule has 1 amide bonds. The Labute approximate surface area is 136 Å². The van der Waals surface area contributed by atoms with Crippen LogP contribution in [0.15, 0.2) is 24.3 Å². The normalized spacial score (nSPS) is 18.9. The van der Waals surface area contributed by atoms with Crippen LogP contribution in [0.1, 0.15) is 18.4 Å². The smallest absolute Gasteiger partial charge is 0.224 e. The van der Waals surface area contributed by atoms with Crippen molar-refractivity contribution in [2.75, 3.05) is 32.4 Å². The molecule has 1 atom stereocenters. The van der Waals surface area contributed by atoms with Gasteiger partial charge in [-0.1, -0.05) is 29.8 Å². The first-order valence-corrected chi connectivity index (χ1v) is 8.97. The molecule has 1 saturated heterocycles. The average Bonchev–Trinajstić information content (AvgIpc) is 2.91. The van der Waals surface area contributed by atoms with E-state index in [2.05, 4.69) is 23.3 Å². The molecule has 0 aliphatic carbocycles. The number of thioether (sulfide) groups is 1. The minimum absolute atomic E-state index is 0.186. The van der Waals surface area contributed by atoms with Gasteiger partial charge in [-0.05, 0) is 43.8 Å². The summed E-state index contributed by atoms with van der Waals surface area (Å²) in [6, 6.07) is 7.96. The molecule has 3 nitrogen and oxygen atoms in total. The number of likely N-dealkylation sites (tertiary alicyclic amines) is 1. The minimum Gasteiger partial charge on any atom is -0.356 e. The van der Waals surface area contributed by atoms with Crippen molar-refractivity contribution < 1.29 is 4.79 Å². The Balaban J connectivity index is 1.54. The molecular weight excluding hydrogens is 304 g/mol. The molecule has 21 heavy (non-hydrogen) atoms. The van der Waals surface area contributed by atoms with Gasteiger partial charge in [0, 0.05) is 23.9 Å². The molecule has 116 valence electrons. The van der Waals surface area contributed by atoms with Gasteiger partial charge in [0.25, 0.3) is 0 Å². The fourth-order valence-electron chi connectivity index (χ4n) is 2.48. The summed E-state index contributed by atoms with van der Waals surface area (Å²) >= 11 is 7.98. The van der Waals surface area contributed by atoms with E-state index in [1.807, 2.05) is 30.0 Å². The van der Waals surface area contributed by atoms with Crippen molar-refractivity contribution in [3.63, 3.8) is 0 Å². The second-order valence-corrected chi connectivity index (χ2v) is 7.05. The third-order valence-electron chi connectivity index (χ3n) is 3.74. The van der Waals surface area contributed by atoms with Crippen molar-refractivity contribution >= 4 is 29.3 Å².